The van der Waals surface area contributed by atoms with Gasteiger partial charge in [0, 0.05) is 23.1 Å². The van der Waals surface area contributed by atoms with Crippen molar-refractivity contribution in [3.63, 3.8) is 0 Å². The average molecular weight is 441 g/mol. The van der Waals surface area contributed by atoms with Gasteiger partial charge >= 0.3 is 0 Å². The molecule has 5 nitrogen and oxygen atoms in total. The Labute approximate surface area is 176 Å². The summed E-state index contributed by atoms with van der Waals surface area (Å²) in [6, 6.07) is 13.8. The van der Waals surface area contributed by atoms with E-state index >= 15 is 0 Å². The third kappa shape index (κ3) is 6.72. The van der Waals surface area contributed by atoms with Crippen LogP contribution in [0.15, 0.2) is 48.5 Å². The van der Waals surface area contributed by atoms with Crippen molar-refractivity contribution in [3.05, 3.63) is 64.7 Å². The Morgan fingerprint density at radius 3 is 2.50 bits per heavy atom. The van der Waals surface area contributed by atoms with Crippen molar-refractivity contribution in [1.29, 1.82) is 0 Å². The van der Waals surface area contributed by atoms with E-state index in [4.69, 9.17) is 11.6 Å². The number of amides is 1. The van der Waals surface area contributed by atoms with Crippen LogP contribution in [0.4, 0.5) is 5.69 Å². The second kappa shape index (κ2) is 10.2. The summed E-state index contributed by atoms with van der Waals surface area (Å²) in [5, 5.41) is 3.32. The number of halogens is 1. The molecule has 1 atom stereocenters. The van der Waals surface area contributed by atoms with Crippen LogP contribution in [0, 0.1) is 6.92 Å². The zero-order valence-electron chi connectivity index (χ0n) is 16.2. The van der Waals surface area contributed by atoms with Crippen LogP contribution in [-0.2, 0) is 20.6 Å². The molecule has 1 N–H and O–H groups in total. The molecule has 2 rings (SSSR count). The number of nitrogens with zero attached hydrogens (tertiary/aromatic N) is 1. The van der Waals surface area contributed by atoms with Crippen LogP contribution in [-0.4, -0.2) is 38.9 Å². The standard InChI is InChI=1S/C20H25ClN2O3S2/c1-15-5-4-6-17(13-15)14-27-12-11-22-20(24)16(2)23(28(3,25)26)19-9-7-18(21)8-10-19/h4-10,13,16H,11-12,14H2,1-3H3,(H,22,24)/t16-/m0/s1. The Balaban J connectivity index is 1.89. The molecule has 8 heteroatoms. The van der Waals surface area contributed by atoms with Crippen molar-refractivity contribution in [2.75, 3.05) is 22.9 Å². The minimum atomic E-state index is -3.63. The van der Waals surface area contributed by atoms with Crippen molar-refractivity contribution < 1.29 is 13.2 Å². The maximum Gasteiger partial charge on any atom is 0.243 e. The second-order valence-corrected chi connectivity index (χ2v) is 9.94. The largest absolute Gasteiger partial charge is 0.353 e. The van der Waals surface area contributed by atoms with Gasteiger partial charge in [0.1, 0.15) is 6.04 Å². The number of carbonyl (C=O) groups excluding carboxylic acids is 1. The fraction of sp³-hybridized carbons (Fsp3) is 0.350. The summed E-state index contributed by atoms with van der Waals surface area (Å²) in [6.07, 6.45) is 1.09. The molecule has 0 saturated heterocycles. The minimum absolute atomic E-state index is 0.337. The number of hydrogen-bond acceptors (Lipinski definition) is 4. The molecule has 0 spiro atoms. The minimum Gasteiger partial charge on any atom is -0.353 e. The molecule has 0 fully saturated rings. The molecule has 0 bridgehead atoms. The van der Waals surface area contributed by atoms with Gasteiger partial charge in [-0.15, -0.1) is 0 Å². The molecule has 2 aromatic carbocycles. The molecule has 0 radical (unpaired) electrons. The van der Waals surface area contributed by atoms with E-state index in [1.807, 2.05) is 6.07 Å². The van der Waals surface area contributed by atoms with E-state index in [0.717, 1.165) is 22.1 Å². The molecule has 0 aliphatic carbocycles. The summed E-state index contributed by atoms with van der Waals surface area (Å²) in [4.78, 5) is 12.5. The topological polar surface area (TPSA) is 66.5 Å². The first-order valence-corrected chi connectivity index (χ1v) is 12.2. The molecule has 2 aromatic rings. The molecule has 1 amide bonds. The molecule has 0 unspecified atom stereocenters. The highest BCUT2D eigenvalue weighted by Gasteiger charge is 2.28. The number of thioether (sulfide) groups is 1. The van der Waals surface area contributed by atoms with Gasteiger partial charge in [-0.2, -0.15) is 11.8 Å². The Bertz CT molecular complexity index is 902. The Morgan fingerprint density at radius 1 is 1.21 bits per heavy atom. The van der Waals surface area contributed by atoms with Crippen molar-refractivity contribution in [2.45, 2.75) is 25.6 Å². The highest BCUT2D eigenvalue weighted by molar-refractivity contribution is 7.98. The maximum atomic E-state index is 12.5. The number of rotatable bonds is 9. The third-order valence-corrected chi connectivity index (χ3v) is 6.59. The van der Waals surface area contributed by atoms with E-state index in [9.17, 15) is 13.2 Å². The summed E-state index contributed by atoms with van der Waals surface area (Å²) >= 11 is 7.59. The Morgan fingerprint density at radius 2 is 1.89 bits per heavy atom. The highest BCUT2D eigenvalue weighted by atomic mass is 35.5. The summed E-state index contributed by atoms with van der Waals surface area (Å²) < 4.78 is 25.6. The predicted octanol–water partition coefficient (Wildman–Crippen LogP) is 3.85. The summed E-state index contributed by atoms with van der Waals surface area (Å²) in [7, 11) is -3.63. The maximum absolute atomic E-state index is 12.5. The summed E-state index contributed by atoms with van der Waals surface area (Å²) in [5.74, 6) is 1.27. The lowest BCUT2D eigenvalue weighted by Gasteiger charge is -2.28. The lowest BCUT2D eigenvalue weighted by atomic mass is 10.2. The van der Waals surface area contributed by atoms with Gasteiger partial charge in [0.05, 0.1) is 11.9 Å². The van der Waals surface area contributed by atoms with Gasteiger partial charge in [-0.25, -0.2) is 8.42 Å². The molecule has 0 heterocycles. The van der Waals surface area contributed by atoms with E-state index in [1.54, 1.807) is 43.0 Å². The number of sulfonamides is 1. The molecule has 0 aliphatic heterocycles. The van der Waals surface area contributed by atoms with E-state index in [1.165, 1.54) is 11.1 Å². The Kier molecular flexibility index (Phi) is 8.22. The summed E-state index contributed by atoms with van der Waals surface area (Å²) in [6.45, 7) is 4.10. The average Bonchev–Trinajstić information content (AvgIpc) is 2.62. The van der Waals surface area contributed by atoms with E-state index in [-0.39, 0.29) is 5.91 Å². The number of benzene rings is 2. The lowest BCUT2D eigenvalue weighted by molar-refractivity contribution is -0.121. The summed E-state index contributed by atoms with van der Waals surface area (Å²) in [5.41, 5.74) is 2.88. The third-order valence-electron chi connectivity index (χ3n) is 4.07. The molecular weight excluding hydrogens is 416 g/mol. The van der Waals surface area contributed by atoms with Crippen molar-refractivity contribution in [2.24, 2.45) is 0 Å². The van der Waals surface area contributed by atoms with E-state index < -0.39 is 16.1 Å². The Hall–Kier alpha value is -1.70. The van der Waals surface area contributed by atoms with Crippen molar-refractivity contribution in [3.8, 4) is 0 Å². The quantitative estimate of drug-likeness (QED) is 0.601. The molecule has 152 valence electrons. The van der Waals surface area contributed by atoms with E-state index in [2.05, 4.69) is 30.4 Å². The fourth-order valence-corrected chi connectivity index (χ4v) is 4.89. The van der Waals surface area contributed by atoms with Gasteiger partial charge in [-0.05, 0) is 43.7 Å². The SMILES string of the molecule is Cc1cccc(CSCCNC(=O)[C@H](C)N(c2ccc(Cl)cc2)S(C)(=O)=O)c1. The van der Waals surface area contributed by atoms with Gasteiger partial charge in [-0.3, -0.25) is 9.10 Å². The van der Waals surface area contributed by atoms with Crippen molar-refractivity contribution in [1.82, 2.24) is 5.32 Å². The second-order valence-electron chi connectivity index (χ2n) is 6.54. The number of aryl methyl sites for hydroxylation is 1. The van der Waals surface area contributed by atoms with Crippen LogP contribution in [0.5, 0.6) is 0 Å². The fourth-order valence-electron chi connectivity index (χ4n) is 2.78. The van der Waals surface area contributed by atoms with Gasteiger partial charge in [0.25, 0.3) is 0 Å². The predicted molar refractivity (Wildman–Crippen MR) is 119 cm³/mol. The first-order chi connectivity index (χ1) is 13.2. The highest BCUT2D eigenvalue weighted by Crippen LogP contribution is 2.23. The van der Waals surface area contributed by atoms with Gasteiger partial charge in [-0.1, -0.05) is 41.4 Å². The zero-order chi connectivity index (χ0) is 20.7. The molecular formula is C20H25ClN2O3S2. The van der Waals surface area contributed by atoms with Crippen molar-refractivity contribution >= 4 is 45.0 Å². The normalized spacial score (nSPS) is 12.4. The van der Waals surface area contributed by atoms with Crippen LogP contribution < -0.4 is 9.62 Å². The molecule has 0 saturated carbocycles. The molecule has 0 aromatic heterocycles. The van der Waals surface area contributed by atoms with Gasteiger partial charge in [0.2, 0.25) is 15.9 Å². The lowest BCUT2D eigenvalue weighted by Crippen LogP contribution is -2.48. The number of nitrogens with one attached hydrogen (secondary N) is 1. The number of anilines is 1. The van der Waals surface area contributed by atoms with Crippen LogP contribution in [0.25, 0.3) is 0 Å². The zero-order valence-corrected chi connectivity index (χ0v) is 18.6. The van der Waals surface area contributed by atoms with Gasteiger partial charge < -0.3 is 5.32 Å². The van der Waals surface area contributed by atoms with Crippen LogP contribution in [0.1, 0.15) is 18.1 Å². The molecule has 28 heavy (non-hydrogen) atoms. The first kappa shape index (κ1) is 22.6. The van der Waals surface area contributed by atoms with Crippen LogP contribution >= 0.6 is 23.4 Å². The smallest absolute Gasteiger partial charge is 0.243 e. The molecule has 0 aliphatic rings. The van der Waals surface area contributed by atoms with Crippen LogP contribution in [0.2, 0.25) is 5.02 Å². The van der Waals surface area contributed by atoms with Crippen LogP contribution in [0.3, 0.4) is 0 Å². The van der Waals surface area contributed by atoms with Gasteiger partial charge in [0.15, 0.2) is 0 Å². The number of carbonyl (C=O) groups is 1. The first-order valence-electron chi connectivity index (χ1n) is 8.84. The number of hydrogen-bond donors (Lipinski definition) is 1. The monoisotopic (exact) mass is 440 g/mol. The van der Waals surface area contributed by atoms with E-state index in [0.29, 0.717) is 17.3 Å².